The van der Waals surface area contributed by atoms with Gasteiger partial charge in [0.2, 0.25) is 0 Å². The Bertz CT molecular complexity index is 445. The second-order valence-corrected chi connectivity index (χ2v) is 7.69. The van der Waals surface area contributed by atoms with E-state index < -0.39 is 0 Å². The lowest BCUT2D eigenvalue weighted by molar-refractivity contribution is 0.0163. The van der Waals surface area contributed by atoms with E-state index in [1.54, 1.807) is 18.4 Å². The van der Waals surface area contributed by atoms with Crippen LogP contribution >= 0.6 is 11.3 Å². The number of nitrogens with one attached hydrogen (secondary N) is 1. The van der Waals surface area contributed by atoms with Crippen molar-refractivity contribution in [2.45, 2.75) is 64.8 Å². The van der Waals surface area contributed by atoms with Crippen molar-refractivity contribution in [3.63, 3.8) is 0 Å². The fraction of sp³-hybridized carbons (Fsp3) is 0.800. The van der Waals surface area contributed by atoms with Crippen molar-refractivity contribution in [1.82, 2.24) is 10.3 Å². The molecule has 20 heavy (non-hydrogen) atoms. The van der Waals surface area contributed by atoms with E-state index in [0.29, 0.717) is 6.61 Å². The van der Waals surface area contributed by atoms with E-state index in [9.17, 15) is 0 Å². The minimum absolute atomic E-state index is 0.0995. The molecule has 114 valence electrons. The van der Waals surface area contributed by atoms with Gasteiger partial charge in [0, 0.05) is 30.7 Å². The average molecular weight is 298 g/mol. The second-order valence-electron chi connectivity index (χ2n) is 6.61. The second kappa shape index (κ2) is 6.10. The van der Waals surface area contributed by atoms with Crippen LogP contribution in [0.5, 0.6) is 0 Å². The van der Waals surface area contributed by atoms with Gasteiger partial charge >= 0.3 is 0 Å². The van der Waals surface area contributed by atoms with Crippen LogP contribution in [0.1, 0.15) is 56.1 Å². The Morgan fingerprint density at radius 1 is 1.45 bits per heavy atom. The molecule has 0 spiro atoms. The van der Waals surface area contributed by atoms with Crippen molar-refractivity contribution < 1.29 is 9.47 Å². The van der Waals surface area contributed by atoms with Gasteiger partial charge < -0.3 is 14.8 Å². The highest BCUT2D eigenvalue weighted by molar-refractivity contribution is 7.11. The molecule has 1 fully saturated rings. The zero-order valence-corrected chi connectivity index (χ0v) is 14.0. The number of thiazole rings is 1. The summed E-state index contributed by atoms with van der Waals surface area (Å²) in [6.07, 6.45) is 2.17. The van der Waals surface area contributed by atoms with Crippen LogP contribution < -0.4 is 5.32 Å². The summed E-state index contributed by atoms with van der Waals surface area (Å²) in [5.74, 6) is 0. The van der Waals surface area contributed by atoms with E-state index in [1.807, 2.05) is 0 Å². The molecule has 1 aromatic rings. The van der Waals surface area contributed by atoms with Crippen molar-refractivity contribution in [2.24, 2.45) is 0 Å². The molecule has 5 heteroatoms. The molecule has 1 N–H and O–H groups in total. The lowest BCUT2D eigenvalue weighted by atomic mass is 10.0. The third kappa shape index (κ3) is 3.79. The number of hydrogen-bond donors (Lipinski definition) is 1. The van der Waals surface area contributed by atoms with Crippen molar-refractivity contribution in [1.29, 1.82) is 0 Å². The van der Waals surface area contributed by atoms with E-state index in [-0.39, 0.29) is 11.1 Å². The van der Waals surface area contributed by atoms with E-state index >= 15 is 0 Å². The molecule has 0 amide bonds. The fourth-order valence-electron chi connectivity index (χ4n) is 2.29. The Kier molecular flexibility index (Phi) is 4.84. The van der Waals surface area contributed by atoms with Gasteiger partial charge in [0.1, 0.15) is 10.6 Å². The summed E-state index contributed by atoms with van der Waals surface area (Å²) in [7, 11) is 1.72. The maximum atomic E-state index is 5.91. The standard InChI is InChI=1S/C15H26N2O2S/c1-14(2,3)16-9-12-11(10-18-5)17-13(20-12)15(4)7-6-8-19-15/h16H,6-10H2,1-5H3. The third-order valence-electron chi connectivity index (χ3n) is 3.51. The summed E-state index contributed by atoms with van der Waals surface area (Å²) in [5, 5.41) is 4.62. The molecule has 0 aromatic carbocycles. The molecule has 1 aliphatic heterocycles. The van der Waals surface area contributed by atoms with Gasteiger partial charge in [0.25, 0.3) is 0 Å². The number of ether oxygens (including phenoxy) is 2. The molecule has 1 unspecified atom stereocenters. The van der Waals surface area contributed by atoms with E-state index in [4.69, 9.17) is 14.5 Å². The highest BCUT2D eigenvalue weighted by Gasteiger charge is 2.35. The van der Waals surface area contributed by atoms with Gasteiger partial charge in [-0.2, -0.15) is 0 Å². The van der Waals surface area contributed by atoms with Crippen molar-refractivity contribution in [3.8, 4) is 0 Å². The van der Waals surface area contributed by atoms with Crippen LogP contribution in [0.25, 0.3) is 0 Å². The molecule has 0 bridgehead atoms. The molecule has 4 nitrogen and oxygen atoms in total. The van der Waals surface area contributed by atoms with Gasteiger partial charge in [-0.3, -0.25) is 0 Å². The largest absolute Gasteiger partial charge is 0.378 e. The quantitative estimate of drug-likeness (QED) is 0.906. The van der Waals surface area contributed by atoms with E-state index in [2.05, 4.69) is 33.0 Å². The SMILES string of the molecule is COCc1nc(C2(C)CCCO2)sc1CNC(C)(C)C. The van der Waals surface area contributed by atoms with Gasteiger partial charge in [-0.25, -0.2) is 4.98 Å². The molecule has 0 radical (unpaired) electrons. The summed E-state index contributed by atoms with van der Waals surface area (Å²) in [6, 6.07) is 0. The van der Waals surface area contributed by atoms with Crippen LogP contribution in [0.4, 0.5) is 0 Å². The Hall–Kier alpha value is -0.490. The summed E-state index contributed by atoms with van der Waals surface area (Å²) >= 11 is 1.76. The Balaban J connectivity index is 2.19. The molecule has 2 heterocycles. The lowest BCUT2D eigenvalue weighted by Gasteiger charge is -2.20. The number of rotatable bonds is 5. The molecule has 1 aromatic heterocycles. The van der Waals surface area contributed by atoms with E-state index in [1.165, 1.54) is 4.88 Å². The van der Waals surface area contributed by atoms with Crippen LogP contribution in [0, 0.1) is 0 Å². The van der Waals surface area contributed by atoms with Gasteiger partial charge in [-0.1, -0.05) is 0 Å². The number of aromatic nitrogens is 1. The minimum Gasteiger partial charge on any atom is -0.378 e. The maximum absolute atomic E-state index is 5.91. The maximum Gasteiger partial charge on any atom is 0.125 e. The molecule has 2 rings (SSSR count). The molecule has 0 saturated carbocycles. The van der Waals surface area contributed by atoms with Crippen LogP contribution in [0.3, 0.4) is 0 Å². The zero-order valence-electron chi connectivity index (χ0n) is 13.2. The van der Waals surface area contributed by atoms with Gasteiger partial charge in [-0.05, 0) is 40.5 Å². The first-order valence-corrected chi connectivity index (χ1v) is 8.03. The summed E-state index contributed by atoms with van der Waals surface area (Å²) in [5.41, 5.74) is 0.941. The molecule has 1 atom stereocenters. The predicted octanol–water partition coefficient (Wildman–Crippen LogP) is 3.20. The first kappa shape index (κ1) is 15.9. The molecule has 0 aliphatic carbocycles. The average Bonchev–Trinajstić information content (AvgIpc) is 2.94. The van der Waals surface area contributed by atoms with Crippen LogP contribution in [0.15, 0.2) is 0 Å². The van der Waals surface area contributed by atoms with E-state index in [0.717, 1.165) is 36.7 Å². The fourth-order valence-corrected chi connectivity index (χ4v) is 3.42. The van der Waals surface area contributed by atoms with Crippen LogP contribution in [0.2, 0.25) is 0 Å². The van der Waals surface area contributed by atoms with Crippen LogP contribution in [-0.2, 0) is 28.2 Å². The molecular formula is C15H26N2O2S. The molecular weight excluding hydrogens is 272 g/mol. The first-order chi connectivity index (χ1) is 9.34. The normalized spacial score (nSPS) is 23.4. The Morgan fingerprint density at radius 3 is 2.75 bits per heavy atom. The number of hydrogen-bond acceptors (Lipinski definition) is 5. The van der Waals surface area contributed by atoms with Crippen LogP contribution in [-0.4, -0.2) is 24.2 Å². The Morgan fingerprint density at radius 2 is 2.20 bits per heavy atom. The van der Waals surface area contributed by atoms with Crippen molar-refractivity contribution >= 4 is 11.3 Å². The number of methoxy groups -OCH3 is 1. The monoisotopic (exact) mass is 298 g/mol. The van der Waals surface area contributed by atoms with Crippen molar-refractivity contribution in [3.05, 3.63) is 15.6 Å². The van der Waals surface area contributed by atoms with Gasteiger partial charge in [0.05, 0.1) is 12.3 Å². The summed E-state index contributed by atoms with van der Waals surface area (Å²) in [4.78, 5) is 6.04. The zero-order chi connectivity index (χ0) is 14.8. The summed E-state index contributed by atoms with van der Waals surface area (Å²) in [6.45, 7) is 10.9. The highest BCUT2D eigenvalue weighted by Crippen LogP contribution is 2.38. The van der Waals surface area contributed by atoms with Gasteiger partial charge in [-0.15, -0.1) is 11.3 Å². The van der Waals surface area contributed by atoms with Crippen molar-refractivity contribution in [2.75, 3.05) is 13.7 Å². The third-order valence-corrected chi connectivity index (χ3v) is 4.85. The first-order valence-electron chi connectivity index (χ1n) is 7.21. The predicted molar refractivity (Wildman–Crippen MR) is 82.0 cm³/mol. The lowest BCUT2D eigenvalue weighted by Crippen LogP contribution is -2.35. The smallest absolute Gasteiger partial charge is 0.125 e. The molecule has 1 saturated heterocycles. The topological polar surface area (TPSA) is 43.4 Å². The summed E-state index contributed by atoms with van der Waals surface area (Å²) < 4.78 is 11.2. The molecule has 1 aliphatic rings. The highest BCUT2D eigenvalue weighted by atomic mass is 32.1. The number of nitrogens with zero attached hydrogens (tertiary/aromatic N) is 1. The minimum atomic E-state index is -0.201. The Labute approximate surface area is 125 Å². The van der Waals surface area contributed by atoms with Gasteiger partial charge in [0.15, 0.2) is 0 Å².